The molecule has 0 radical (unpaired) electrons. The van der Waals surface area contributed by atoms with Crippen LogP contribution in [0.5, 0.6) is 0 Å². The first-order valence-corrected chi connectivity index (χ1v) is 9.07. The van der Waals surface area contributed by atoms with Gasteiger partial charge in [0.05, 0.1) is 6.61 Å². The van der Waals surface area contributed by atoms with Crippen LogP contribution in [0.1, 0.15) is 29.3 Å². The van der Waals surface area contributed by atoms with Gasteiger partial charge in [-0.15, -0.1) is 0 Å². The molecule has 5 nitrogen and oxygen atoms in total. The van der Waals surface area contributed by atoms with Crippen LogP contribution in [0.4, 0.5) is 4.39 Å². The first kappa shape index (κ1) is 20.0. The molecule has 144 valence electrons. The Balaban J connectivity index is 2.18. The molecule has 2 aromatic carbocycles. The SMILES string of the molecule is CCOC(=O)[C@]1(C(=C(C#N)C#N)c2ccc(F)cc2)C[C@H]1C(=O)c1ccccc1. The Morgan fingerprint density at radius 3 is 2.24 bits per heavy atom. The molecule has 1 saturated carbocycles. The zero-order valence-corrected chi connectivity index (χ0v) is 15.7. The van der Waals surface area contributed by atoms with E-state index in [2.05, 4.69) is 0 Å². The predicted molar refractivity (Wildman–Crippen MR) is 102 cm³/mol. The molecule has 6 heteroatoms. The van der Waals surface area contributed by atoms with E-state index in [1.807, 2.05) is 12.1 Å². The zero-order chi connectivity index (χ0) is 21.0. The van der Waals surface area contributed by atoms with Crippen LogP contribution < -0.4 is 0 Å². The summed E-state index contributed by atoms with van der Waals surface area (Å²) >= 11 is 0. The van der Waals surface area contributed by atoms with Crippen molar-refractivity contribution in [1.29, 1.82) is 10.5 Å². The van der Waals surface area contributed by atoms with E-state index in [0.717, 1.165) is 0 Å². The molecule has 1 aliphatic carbocycles. The predicted octanol–water partition coefficient (Wildman–Crippen LogP) is 4.08. The second-order valence-electron chi connectivity index (χ2n) is 6.66. The quantitative estimate of drug-likeness (QED) is 0.422. The topological polar surface area (TPSA) is 90.9 Å². The van der Waals surface area contributed by atoms with Crippen LogP contribution in [0.2, 0.25) is 0 Å². The van der Waals surface area contributed by atoms with Crippen LogP contribution in [-0.4, -0.2) is 18.4 Å². The number of hydrogen-bond donors (Lipinski definition) is 0. The normalized spacial score (nSPS) is 19.4. The Morgan fingerprint density at radius 1 is 1.07 bits per heavy atom. The van der Waals surface area contributed by atoms with Crippen molar-refractivity contribution in [1.82, 2.24) is 0 Å². The lowest BCUT2D eigenvalue weighted by atomic mass is 9.82. The van der Waals surface area contributed by atoms with E-state index in [0.29, 0.717) is 11.1 Å². The number of carbonyl (C=O) groups is 2. The van der Waals surface area contributed by atoms with Crippen molar-refractivity contribution < 1.29 is 18.7 Å². The van der Waals surface area contributed by atoms with Gasteiger partial charge in [-0.25, -0.2) is 4.39 Å². The summed E-state index contributed by atoms with van der Waals surface area (Å²) in [6.45, 7) is 1.72. The number of Topliss-reactive ketones (excluding diaryl/α,β-unsaturated/α-hetero) is 1. The van der Waals surface area contributed by atoms with E-state index in [1.54, 1.807) is 37.3 Å². The molecule has 29 heavy (non-hydrogen) atoms. The van der Waals surface area contributed by atoms with Crippen molar-refractivity contribution in [2.24, 2.45) is 11.3 Å². The Hall–Kier alpha value is -3.77. The minimum Gasteiger partial charge on any atom is -0.465 e. The van der Waals surface area contributed by atoms with E-state index < -0.39 is 23.1 Å². The first-order valence-electron chi connectivity index (χ1n) is 9.07. The molecule has 0 N–H and O–H groups in total. The summed E-state index contributed by atoms with van der Waals surface area (Å²) in [4.78, 5) is 26.1. The lowest BCUT2D eigenvalue weighted by molar-refractivity contribution is -0.147. The Bertz CT molecular complexity index is 1050. The number of esters is 1. The zero-order valence-electron chi connectivity index (χ0n) is 15.7. The van der Waals surface area contributed by atoms with Crippen LogP contribution in [0.25, 0.3) is 5.57 Å². The van der Waals surface area contributed by atoms with Gasteiger partial charge in [-0.05, 0) is 31.0 Å². The van der Waals surface area contributed by atoms with Gasteiger partial charge >= 0.3 is 5.97 Å². The van der Waals surface area contributed by atoms with Gasteiger partial charge in [0, 0.05) is 17.1 Å². The van der Waals surface area contributed by atoms with Gasteiger partial charge in [-0.1, -0.05) is 42.5 Å². The molecule has 2 atom stereocenters. The third-order valence-electron chi connectivity index (χ3n) is 5.03. The monoisotopic (exact) mass is 388 g/mol. The molecule has 3 rings (SSSR count). The van der Waals surface area contributed by atoms with Crippen molar-refractivity contribution in [3.63, 3.8) is 0 Å². The number of carbonyl (C=O) groups excluding carboxylic acids is 2. The lowest BCUT2D eigenvalue weighted by Gasteiger charge is -2.20. The minimum absolute atomic E-state index is 0.0813. The van der Waals surface area contributed by atoms with Crippen molar-refractivity contribution in [2.45, 2.75) is 13.3 Å². The summed E-state index contributed by atoms with van der Waals surface area (Å²) in [5, 5.41) is 19.0. The first-order chi connectivity index (χ1) is 14.0. The Kier molecular flexibility index (Phi) is 5.57. The van der Waals surface area contributed by atoms with Crippen LogP contribution in [0.3, 0.4) is 0 Å². The number of ketones is 1. The maximum atomic E-state index is 13.4. The largest absolute Gasteiger partial charge is 0.465 e. The molecular formula is C23H17FN2O3. The summed E-state index contributed by atoms with van der Waals surface area (Å²) in [6, 6.07) is 17.3. The van der Waals surface area contributed by atoms with E-state index >= 15 is 0 Å². The second-order valence-corrected chi connectivity index (χ2v) is 6.66. The van der Waals surface area contributed by atoms with Gasteiger partial charge in [0.1, 0.15) is 28.9 Å². The summed E-state index contributed by atoms with van der Waals surface area (Å²) in [5.74, 6) is -2.22. The van der Waals surface area contributed by atoms with E-state index in [1.165, 1.54) is 24.3 Å². The number of hydrogen-bond acceptors (Lipinski definition) is 5. The standard InChI is InChI=1S/C23H17FN2O3/c1-2-29-22(28)23(12-19(23)21(27)16-6-4-3-5-7-16)20(17(13-25)14-26)15-8-10-18(24)11-9-15/h3-11,19H,2,12H2,1H3/t19-,23+/m0/s1. The second kappa shape index (κ2) is 8.08. The summed E-state index contributed by atoms with van der Waals surface area (Å²) < 4.78 is 18.7. The number of allylic oxidation sites excluding steroid dienone is 1. The van der Waals surface area contributed by atoms with Crippen LogP contribution in [0.15, 0.2) is 60.2 Å². The van der Waals surface area contributed by atoms with Gasteiger partial charge < -0.3 is 4.74 Å². The van der Waals surface area contributed by atoms with Crippen LogP contribution in [-0.2, 0) is 9.53 Å². The molecule has 0 amide bonds. The Labute approximate surface area is 167 Å². The highest BCUT2D eigenvalue weighted by molar-refractivity contribution is 6.11. The number of nitrogens with zero attached hydrogens (tertiary/aromatic N) is 2. The average Bonchev–Trinajstić information content (AvgIpc) is 3.49. The highest BCUT2D eigenvalue weighted by Crippen LogP contribution is 2.63. The van der Waals surface area contributed by atoms with E-state index in [-0.39, 0.29) is 30.0 Å². The van der Waals surface area contributed by atoms with Crippen molar-refractivity contribution in [3.05, 3.63) is 77.1 Å². The number of benzene rings is 2. The van der Waals surface area contributed by atoms with Crippen molar-refractivity contribution >= 4 is 17.3 Å². The number of ether oxygens (including phenoxy) is 1. The molecule has 2 aromatic rings. The van der Waals surface area contributed by atoms with Gasteiger partial charge in [0.25, 0.3) is 0 Å². The lowest BCUT2D eigenvalue weighted by Crippen LogP contribution is -2.26. The van der Waals surface area contributed by atoms with Crippen molar-refractivity contribution in [2.75, 3.05) is 6.61 Å². The van der Waals surface area contributed by atoms with Crippen LogP contribution in [0, 0.1) is 39.8 Å². The molecule has 0 saturated heterocycles. The molecule has 0 spiro atoms. The third-order valence-corrected chi connectivity index (χ3v) is 5.03. The number of rotatable bonds is 6. The molecule has 1 fully saturated rings. The maximum Gasteiger partial charge on any atom is 0.317 e. The molecular weight excluding hydrogens is 371 g/mol. The van der Waals surface area contributed by atoms with Gasteiger partial charge in [0.15, 0.2) is 5.78 Å². The summed E-state index contributed by atoms with van der Waals surface area (Å²) in [6.07, 6.45) is 0.110. The molecule has 0 aromatic heterocycles. The molecule has 0 heterocycles. The van der Waals surface area contributed by atoms with E-state index in [4.69, 9.17) is 4.74 Å². The van der Waals surface area contributed by atoms with E-state index in [9.17, 15) is 24.5 Å². The number of nitriles is 2. The molecule has 1 aliphatic rings. The minimum atomic E-state index is -1.46. The fourth-order valence-corrected chi connectivity index (χ4v) is 3.63. The average molecular weight is 388 g/mol. The fourth-order valence-electron chi connectivity index (χ4n) is 3.63. The highest BCUT2D eigenvalue weighted by Gasteiger charge is 2.67. The molecule has 0 unspecified atom stereocenters. The molecule has 0 aliphatic heterocycles. The van der Waals surface area contributed by atoms with Crippen LogP contribution >= 0.6 is 0 Å². The molecule has 0 bridgehead atoms. The maximum absolute atomic E-state index is 13.4. The van der Waals surface area contributed by atoms with Gasteiger partial charge in [-0.2, -0.15) is 10.5 Å². The summed E-state index contributed by atoms with van der Waals surface area (Å²) in [7, 11) is 0. The highest BCUT2D eigenvalue weighted by atomic mass is 19.1. The fraction of sp³-hybridized carbons (Fsp3) is 0.217. The summed E-state index contributed by atoms with van der Waals surface area (Å²) in [5.41, 5.74) is -0.886. The Morgan fingerprint density at radius 2 is 1.69 bits per heavy atom. The van der Waals surface area contributed by atoms with Gasteiger partial charge in [-0.3, -0.25) is 9.59 Å². The smallest absolute Gasteiger partial charge is 0.317 e. The van der Waals surface area contributed by atoms with Gasteiger partial charge in [0.2, 0.25) is 0 Å². The third kappa shape index (κ3) is 3.53. The van der Waals surface area contributed by atoms with Crippen molar-refractivity contribution in [3.8, 4) is 12.1 Å². The number of halogens is 1.